The molecule has 0 aromatic heterocycles. The standard InChI is InChI=1S/C24H31N3O2/c1-17-11-18(2)13-21(12-17)23(29)25-14-22(28)26-16-24(3,4)27-10-9-19-7-5-6-8-20(19)15-27/h5-8,11-13H,9-10,14-16H2,1-4H3,(H,25,29)(H,26,28). The van der Waals surface area contributed by atoms with Crippen LogP contribution in [-0.4, -0.2) is 41.9 Å². The van der Waals surface area contributed by atoms with Gasteiger partial charge in [-0.2, -0.15) is 0 Å². The Bertz CT molecular complexity index is 884. The highest BCUT2D eigenvalue weighted by Gasteiger charge is 2.30. The predicted octanol–water partition coefficient (Wildman–Crippen LogP) is 2.99. The van der Waals surface area contributed by atoms with Gasteiger partial charge in [-0.3, -0.25) is 14.5 Å². The van der Waals surface area contributed by atoms with Crippen LogP contribution in [0.2, 0.25) is 0 Å². The zero-order valence-electron chi connectivity index (χ0n) is 17.8. The second-order valence-electron chi connectivity index (χ2n) is 8.59. The van der Waals surface area contributed by atoms with E-state index in [9.17, 15) is 9.59 Å². The number of rotatable bonds is 6. The minimum absolute atomic E-state index is 0.0231. The van der Waals surface area contributed by atoms with Crippen molar-refractivity contribution in [3.63, 3.8) is 0 Å². The lowest BCUT2D eigenvalue weighted by molar-refractivity contribution is -0.120. The summed E-state index contributed by atoms with van der Waals surface area (Å²) < 4.78 is 0. The number of hydrogen-bond donors (Lipinski definition) is 2. The average Bonchev–Trinajstić information content (AvgIpc) is 2.69. The summed E-state index contributed by atoms with van der Waals surface area (Å²) in [6.45, 7) is 10.6. The molecule has 0 aliphatic carbocycles. The predicted molar refractivity (Wildman–Crippen MR) is 116 cm³/mol. The largest absolute Gasteiger partial charge is 0.353 e. The quantitative estimate of drug-likeness (QED) is 0.793. The number of carbonyl (C=O) groups is 2. The van der Waals surface area contributed by atoms with E-state index in [0.29, 0.717) is 12.1 Å². The molecular weight excluding hydrogens is 362 g/mol. The Morgan fingerprint density at radius 2 is 1.66 bits per heavy atom. The van der Waals surface area contributed by atoms with E-state index in [1.807, 2.05) is 32.0 Å². The van der Waals surface area contributed by atoms with E-state index < -0.39 is 0 Å². The number of nitrogens with zero attached hydrogens (tertiary/aromatic N) is 1. The third kappa shape index (κ3) is 5.45. The van der Waals surface area contributed by atoms with Crippen LogP contribution < -0.4 is 10.6 Å². The Hall–Kier alpha value is -2.66. The van der Waals surface area contributed by atoms with E-state index in [1.54, 1.807) is 0 Å². The summed E-state index contributed by atoms with van der Waals surface area (Å²) in [5, 5.41) is 5.70. The summed E-state index contributed by atoms with van der Waals surface area (Å²) in [4.78, 5) is 27.0. The fourth-order valence-corrected chi connectivity index (χ4v) is 3.87. The third-order valence-corrected chi connectivity index (χ3v) is 5.60. The molecule has 0 saturated carbocycles. The van der Waals surface area contributed by atoms with Gasteiger partial charge in [0.1, 0.15) is 0 Å². The summed E-state index contributed by atoms with van der Waals surface area (Å²) in [5.74, 6) is -0.396. The van der Waals surface area contributed by atoms with Gasteiger partial charge < -0.3 is 10.6 Å². The highest BCUT2D eigenvalue weighted by atomic mass is 16.2. The number of hydrogen-bond acceptors (Lipinski definition) is 3. The second-order valence-corrected chi connectivity index (χ2v) is 8.59. The van der Waals surface area contributed by atoms with Crippen LogP contribution >= 0.6 is 0 Å². The molecule has 5 nitrogen and oxygen atoms in total. The van der Waals surface area contributed by atoms with Crippen LogP contribution in [0.1, 0.15) is 46.5 Å². The lowest BCUT2D eigenvalue weighted by Gasteiger charge is -2.41. The van der Waals surface area contributed by atoms with E-state index >= 15 is 0 Å². The summed E-state index contributed by atoms with van der Waals surface area (Å²) in [7, 11) is 0. The van der Waals surface area contributed by atoms with Crippen molar-refractivity contribution in [1.29, 1.82) is 0 Å². The molecule has 0 atom stereocenters. The summed E-state index contributed by atoms with van der Waals surface area (Å²) in [5.41, 5.74) is 5.26. The van der Waals surface area contributed by atoms with Crippen LogP contribution in [0.5, 0.6) is 0 Å². The molecule has 3 rings (SSSR count). The lowest BCUT2D eigenvalue weighted by atomic mass is 9.94. The first-order valence-electron chi connectivity index (χ1n) is 10.2. The minimum atomic E-state index is -0.223. The Morgan fingerprint density at radius 1 is 1.00 bits per heavy atom. The molecule has 2 aromatic rings. The molecule has 2 aromatic carbocycles. The maximum atomic E-state index is 12.3. The molecule has 0 radical (unpaired) electrons. The summed E-state index contributed by atoms with van der Waals surface area (Å²) in [6, 6.07) is 14.2. The van der Waals surface area contributed by atoms with Crippen molar-refractivity contribution >= 4 is 11.8 Å². The number of fused-ring (bicyclic) bond motifs is 1. The average molecular weight is 394 g/mol. The van der Waals surface area contributed by atoms with Crippen molar-refractivity contribution in [2.24, 2.45) is 0 Å². The zero-order valence-corrected chi connectivity index (χ0v) is 17.8. The summed E-state index contributed by atoms with van der Waals surface area (Å²) >= 11 is 0. The smallest absolute Gasteiger partial charge is 0.251 e. The normalized spacial score (nSPS) is 14.2. The van der Waals surface area contributed by atoms with Crippen LogP contribution in [0.3, 0.4) is 0 Å². The molecule has 2 N–H and O–H groups in total. The van der Waals surface area contributed by atoms with Crippen LogP contribution in [0.15, 0.2) is 42.5 Å². The molecule has 154 valence electrons. The van der Waals surface area contributed by atoms with Gasteiger partial charge in [-0.1, -0.05) is 41.5 Å². The molecule has 0 spiro atoms. The first-order chi connectivity index (χ1) is 13.7. The fourth-order valence-electron chi connectivity index (χ4n) is 3.87. The fraction of sp³-hybridized carbons (Fsp3) is 0.417. The highest BCUT2D eigenvalue weighted by molar-refractivity contribution is 5.96. The van der Waals surface area contributed by atoms with Crippen LogP contribution in [-0.2, 0) is 17.8 Å². The molecule has 0 fully saturated rings. The van der Waals surface area contributed by atoms with Crippen LogP contribution in [0.4, 0.5) is 0 Å². The lowest BCUT2D eigenvalue weighted by Crippen LogP contribution is -2.54. The van der Waals surface area contributed by atoms with E-state index in [4.69, 9.17) is 0 Å². The van der Waals surface area contributed by atoms with Gasteiger partial charge in [0, 0.05) is 30.7 Å². The van der Waals surface area contributed by atoms with Gasteiger partial charge in [-0.15, -0.1) is 0 Å². The maximum absolute atomic E-state index is 12.3. The molecule has 5 heteroatoms. The van der Waals surface area contributed by atoms with Crippen molar-refractivity contribution in [1.82, 2.24) is 15.5 Å². The zero-order chi connectivity index (χ0) is 21.0. The first kappa shape index (κ1) is 21.1. The number of carbonyl (C=O) groups excluding carboxylic acids is 2. The van der Waals surface area contributed by atoms with Gasteiger partial charge in [0.05, 0.1) is 6.54 Å². The van der Waals surface area contributed by atoms with E-state index in [0.717, 1.165) is 30.6 Å². The minimum Gasteiger partial charge on any atom is -0.353 e. The maximum Gasteiger partial charge on any atom is 0.251 e. The van der Waals surface area contributed by atoms with Crippen molar-refractivity contribution in [2.45, 2.75) is 46.2 Å². The highest BCUT2D eigenvalue weighted by Crippen LogP contribution is 2.24. The number of amides is 2. The molecule has 0 saturated heterocycles. The Labute approximate surface area is 173 Å². The Kier molecular flexibility index (Phi) is 6.38. The van der Waals surface area contributed by atoms with E-state index in [2.05, 4.69) is 53.6 Å². The summed E-state index contributed by atoms with van der Waals surface area (Å²) in [6.07, 6.45) is 1.03. The molecule has 1 aliphatic rings. The molecule has 1 aliphatic heterocycles. The molecule has 1 heterocycles. The van der Waals surface area contributed by atoms with Crippen molar-refractivity contribution in [3.05, 3.63) is 70.3 Å². The molecular formula is C24H31N3O2. The van der Waals surface area contributed by atoms with E-state index in [-0.39, 0.29) is 23.9 Å². The molecule has 29 heavy (non-hydrogen) atoms. The number of nitrogens with one attached hydrogen (secondary N) is 2. The molecule has 0 unspecified atom stereocenters. The van der Waals surface area contributed by atoms with Gasteiger partial charge in [-0.05, 0) is 57.4 Å². The van der Waals surface area contributed by atoms with Gasteiger partial charge in [-0.25, -0.2) is 0 Å². The van der Waals surface area contributed by atoms with Crippen LogP contribution in [0.25, 0.3) is 0 Å². The SMILES string of the molecule is Cc1cc(C)cc(C(=O)NCC(=O)NCC(C)(C)N2CCc3ccccc3C2)c1. The van der Waals surface area contributed by atoms with E-state index in [1.165, 1.54) is 11.1 Å². The molecule has 2 amide bonds. The third-order valence-electron chi connectivity index (χ3n) is 5.60. The van der Waals surface area contributed by atoms with Gasteiger partial charge in [0.2, 0.25) is 5.91 Å². The Balaban J connectivity index is 1.49. The second kappa shape index (κ2) is 8.78. The van der Waals surface area contributed by atoms with Crippen molar-refractivity contribution in [3.8, 4) is 0 Å². The van der Waals surface area contributed by atoms with Crippen LogP contribution in [0, 0.1) is 13.8 Å². The number of benzene rings is 2. The Morgan fingerprint density at radius 3 is 2.34 bits per heavy atom. The van der Waals surface area contributed by atoms with Gasteiger partial charge in [0.25, 0.3) is 5.91 Å². The van der Waals surface area contributed by atoms with Gasteiger partial charge in [0.15, 0.2) is 0 Å². The monoisotopic (exact) mass is 393 g/mol. The van der Waals surface area contributed by atoms with Crippen molar-refractivity contribution in [2.75, 3.05) is 19.6 Å². The first-order valence-corrected chi connectivity index (χ1v) is 10.2. The molecule has 0 bridgehead atoms. The topological polar surface area (TPSA) is 61.4 Å². The van der Waals surface area contributed by atoms with Gasteiger partial charge >= 0.3 is 0 Å². The van der Waals surface area contributed by atoms with Crippen molar-refractivity contribution < 1.29 is 9.59 Å². The number of aryl methyl sites for hydroxylation is 2.